The van der Waals surface area contributed by atoms with Gasteiger partial charge in [-0.05, 0) is 5.41 Å². The molecule has 0 spiro atoms. The minimum absolute atomic E-state index is 0.0964. The maximum absolute atomic E-state index is 11.8. The molecule has 5 heteroatoms. The van der Waals surface area contributed by atoms with Crippen LogP contribution in [-0.2, 0) is 4.79 Å². The molecule has 2 unspecified atom stereocenters. The van der Waals surface area contributed by atoms with Crippen LogP contribution in [-0.4, -0.2) is 23.5 Å². The molecule has 2 atom stereocenters. The maximum Gasteiger partial charge on any atom is 0.237 e. The fraction of sp³-hybridized carbons (Fsp3) is 0.667. The monoisotopic (exact) mass is 255 g/mol. The second-order valence-electron chi connectivity index (χ2n) is 5.36. The van der Waals surface area contributed by atoms with Gasteiger partial charge in [-0.2, -0.15) is 0 Å². The predicted octanol–water partition coefficient (Wildman–Crippen LogP) is 1.74. The first kappa shape index (κ1) is 14.1. The number of nitrogens with two attached hydrogens (primary N) is 1. The molecule has 0 aromatic carbocycles. The summed E-state index contributed by atoms with van der Waals surface area (Å²) >= 11 is 1.60. The van der Waals surface area contributed by atoms with Gasteiger partial charge in [-0.1, -0.05) is 27.7 Å². The summed E-state index contributed by atoms with van der Waals surface area (Å²) in [6, 6.07) is -0.481. The van der Waals surface area contributed by atoms with Crippen LogP contribution in [0.5, 0.6) is 0 Å². The summed E-state index contributed by atoms with van der Waals surface area (Å²) in [5, 5.41) is 5.86. The predicted molar refractivity (Wildman–Crippen MR) is 71.0 cm³/mol. The van der Waals surface area contributed by atoms with Crippen LogP contribution in [0.15, 0.2) is 11.6 Å². The summed E-state index contributed by atoms with van der Waals surface area (Å²) in [6.45, 7) is 8.50. The smallest absolute Gasteiger partial charge is 0.237 e. The Morgan fingerprint density at radius 1 is 1.59 bits per heavy atom. The highest BCUT2D eigenvalue weighted by Crippen LogP contribution is 2.19. The number of rotatable bonds is 4. The van der Waals surface area contributed by atoms with Crippen LogP contribution >= 0.6 is 11.3 Å². The summed E-state index contributed by atoms with van der Waals surface area (Å²) < 4.78 is 0. The van der Waals surface area contributed by atoms with Crippen LogP contribution in [0.2, 0.25) is 0 Å². The van der Waals surface area contributed by atoms with Gasteiger partial charge in [0.1, 0.15) is 0 Å². The fourth-order valence-corrected chi connectivity index (χ4v) is 2.02. The Morgan fingerprint density at radius 3 is 2.71 bits per heavy atom. The highest BCUT2D eigenvalue weighted by Gasteiger charge is 2.27. The summed E-state index contributed by atoms with van der Waals surface area (Å²) in [6.07, 6.45) is 1.78. The van der Waals surface area contributed by atoms with Gasteiger partial charge < -0.3 is 11.1 Å². The molecule has 0 radical (unpaired) electrons. The van der Waals surface area contributed by atoms with Crippen molar-refractivity contribution in [1.82, 2.24) is 10.3 Å². The van der Waals surface area contributed by atoms with E-state index in [0.29, 0.717) is 6.54 Å². The van der Waals surface area contributed by atoms with Crippen LogP contribution in [0.3, 0.4) is 0 Å². The maximum atomic E-state index is 11.8. The minimum atomic E-state index is -0.481. The van der Waals surface area contributed by atoms with Gasteiger partial charge in [0, 0.05) is 24.0 Å². The van der Waals surface area contributed by atoms with Crippen molar-refractivity contribution in [3.8, 4) is 0 Å². The number of carbonyl (C=O) groups excluding carboxylic acids is 1. The van der Waals surface area contributed by atoms with Gasteiger partial charge in [-0.3, -0.25) is 4.79 Å². The van der Waals surface area contributed by atoms with Gasteiger partial charge in [0.05, 0.1) is 11.0 Å². The molecular formula is C12H21N3OS. The molecule has 1 rings (SSSR count). The van der Waals surface area contributed by atoms with Gasteiger partial charge in [0.15, 0.2) is 0 Å². The van der Waals surface area contributed by atoms with E-state index in [9.17, 15) is 4.79 Å². The zero-order valence-electron chi connectivity index (χ0n) is 10.9. The van der Waals surface area contributed by atoms with Gasteiger partial charge in [-0.25, -0.2) is 4.98 Å². The van der Waals surface area contributed by atoms with Gasteiger partial charge in [0.25, 0.3) is 0 Å². The lowest BCUT2D eigenvalue weighted by Gasteiger charge is -2.26. The molecule has 0 aliphatic rings. The van der Waals surface area contributed by atoms with Crippen molar-refractivity contribution in [1.29, 1.82) is 0 Å². The first-order valence-corrected chi connectivity index (χ1v) is 6.63. The van der Waals surface area contributed by atoms with E-state index in [1.54, 1.807) is 17.5 Å². The molecule has 1 heterocycles. The average Bonchev–Trinajstić information content (AvgIpc) is 2.76. The molecular weight excluding hydrogens is 234 g/mol. The quantitative estimate of drug-likeness (QED) is 0.861. The van der Waals surface area contributed by atoms with E-state index in [-0.39, 0.29) is 17.2 Å². The number of carbonyl (C=O) groups is 1. The fourth-order valence-electron chi connectivity index (χ4n) is 1.32. The summed E-state index contributed by atoms with van der Waals surface area (Å²) in [4.78, 5) is 16.0. The lowest BCUT2D eigenvalue weighted by atomic mass is 9.87. The van der Waals surface area contributed by atoms with Crippen LogP contribution in [0.1, 0.15) is 38.6 Å². The third-order valence-electron chi connectivity index (χ3n) is 2.67. The molecule has 1 aromatic heterocycles. The van der Waals surface area contributed by atoms with E-state index < -0.39 is 6.04 Å². The van der Waals surface area contributed by atoms with Crippen molar-refractivity contribution < 1.29 is 4.79 Å². The van der Waals surface area contributed by atoms with E-state index in [1.807, 2.05) is 33.1 Å². The highest BCUT2D eigenvalue weighted by molar-refractivity contribution is 7.09. The Labute approximate surface area is 107 Å². The lowest BCUT2D eigenvalue weighted by Crippen LogP contribution is -2.49. The molecule has 1 amide bonds. The zero-order valence-corrected chi connectivity index (χ0v) is 11.7. The number of nitrogens with zero attached hydrogens (tertiary/aromatic N) is 1. The molecule has 0 saturated carbocycles. The Bertz CT molecular complexity index is 356. The molecule has 4 nitrogen and oxygen atoms in total. The zero-order chi connectivity index (χ0) is 13.1. The third-order valence-corrected chi connectivity index (χ3v) is 3.68. The summed E-state index contributed by atoms with van der Waals surface area (Å²) in [5.74, 6) is 0.132. The molecule has 0 aliphatic heterocycles. The molecule has 3 N–H and O–H groups in total. The first-order chi connectivity index (χ1) is 7.82. The second kappa shape index (κ2) is 5.60. The topological polar surface area (TPSA) is 68.0 Å². The van der Waals surface area contributed by atoms with Crippen molar-refractivity contribution >= 4 is 17.2 Å². The number of nitrogens with one attached hydrogen (secondary N) is 1. The average molecular weight is 255 g/mol. The normalized spacial score (nSPS) is 15.4. The van der Waals surface area contributed by atoms with Gasteiger partial charge in [-0.15, -0.1) is 11.3 Å². The summed E-state index contributed by atoms with van der Waals surface area (Å²) in [5.41, 5.74) is 5.66. The molecule has 17 heavy (non-hydrogen) atoms. The van der Waals surface area contributed by atoms with Crippen molar-refractivity contribution in [3.05, 3.63) is 16.6 Å². The van der Waals surface area contributed by atoms with Crippen molar-refractivity contribution in [2.75, 3.05) is 6.54 Å². The Hall–Kier alpha value is -0.940. The van der Waals surface area contributed by atoms with Crippen molar-refractivity contribution in [2.24, 2.45) is 11.1 Å². The molecule has 0 fully saturated rings. The Kier molecular flexibility index (Phi) is 4.65. The number of hydrogen-bond acceptors (Lipinski definition) is 4. The van der Waals surface area contributed by atoms with Crippen LogP contribution < -0.4 is 11.1 Å². The van der Waals surface area contributed by atoms with Crippen LogP contribution in [0.4, 0.5) is 0 Å². The number of amides is 1. The van der Waals surface area contributed by atoms with E-state index in [1.165, 1.54) is 0 Å². The lowest BCUT2D eigenvalue weighted by molar-refractivity contribution is -0.124. The Morgan fingerprint density at radius 2 is 2.24 bits per heavy atom. The number of aromatic nitrogens is 1. The Balaban J connectivity index is 2.44. The summed E-state index contributed by atoms with van der Waals surface area (Å²) in [7, 11) is 0. The molecule has 0 bridgehead atoms. The number of thiazole rings is 1. The van der Waals surface area contributed by atoms with E-state index in [0.717, 1.165) is 5.01 Å². The van der Waals surface area contributed by atoms with Gasteiger partial charge >= 0.3 is 0 Å². The third kappa shape index (κ3) is 4.09. The van der Waals surface area contributed by atoms with Crippen molar-refractivity contribution in [2.45, 2.75) is 39.7 Å². The van der Waals surface area contributed by atoms with Crippen LogP contribution in [0.25, 0.3) is 0 Å². The standard InChI is InChI=1S/C12H21N3OS/c1-8(11-14-5-6-17-11)7-15-10(16)9(13)12(2,3)4/h5-6,8-9H,7,13H2,1-4H3,(H,15,16). The molecule has 0 saturated heterocycles. The largest absolute Gasteiger partial charge is 0.354 e. The van der Waals surface area contributed by atoms with Crippen molar-refractivity contribution in [3.63, 3.8) is 0 Å². The van der Waals surface area contributed by atoms with E-state index >= 15 is 0 Å². The molecule has 1 aromatic rings. The minimum Gasteiger partial charge on any atom is -0.354 e. The molecule has 0 aliphatic carbocycles. The van der Waals surface area contributed by atoms with Gasteiger partial charge in [0.2, 0.25) is 5.91 Å². The van der Waals surface area contributed by atoms with E-state index in [4.69, 9.17) is 5.73 Å². The first-order valence-electron chi connectivity index (χ1n) is 5.75. The van der Waals surface area contributed by atoms with Crippen LogP contribution in [0, 0.1) is 5.41 Å². The SMILES string of the molecule is CC(CNC(=O)C(N)C(C)(C)C)c1nccs1. The number of hydrogen-bond donors (Lipinski definition) is 2. The van der Waals surface area contributed by atoms with E-state index in [2.05, 4.69) is 10.3 Å². The highest BCUT2D eigenvalue weighted by atomic mass is 32.1. The second-order valence-corrected chi connectivity index (χ2v) is 6.29. The molecule has 96 valence electrons.